The van der Waals surface area contributed by atoms with Gasteiger partial charge in [0.1, 0.15) is 12.2 Å². The molecule has 0 aromatic carbocycles. The second kappa shape index (κ2) is 8.94. The molecular weight excluding hydrogens is 504 g/mol. The largest absolute Gasteiger partial charge is 0.481 e. The lowest BCUT2D eigenvalue weighted by Crippen LogP contribution is -2.64. The van der Waals surface area contributed by atoms with Crippen LogP contribution in [0.1, 0.15) is 111 Å². The number of fused-ring (bicyclic) bond motifs is 7. The number of ether oxygens (including phenoxy) is 2. The number of rotatable bonds is 5. The molecule has 1 aliphatic heterocycles. The van der Waals surface area contributed by atoms with Crippen LogP contribution in [-0.2, 0) is 19.1 Å². The highest BCUT2D eigenvalue weighted by atomic mass is 16.6. The SMILES string of the molecule is CC1(C)C2CC[C@@]3(C)C4CC[C@@]5(C(=O)O)CC[C@@H](C6(COC(=O)C7CCC7)CO6)[C@H]5C4CCC3[C@@]2(C)CC[C@H]1O. The third kappa shape index (κ3) is 3.59. The molecule has 5 unspecified atom stereocenters. The number of carbonyl (C=O) groups excluding carboxylic acids is 1. The van der Waals surface area contributed by atoms with Gasteiger partial charge in [-0.25, -0.2) is 0 Å². The summed E-state index contributed by atoms with van der Waals surface area (Å²) in [5, 5.41) is 21.7. The van der Waals surface area contributed by atoms with E-state index >= 15 is 0 Å². The molecule has 1 heterocycles. The Morgan fingerprint density at radius 2 is 1.50 bits per heavy atom. The molecule has 7 rings (SSSR count). The van der Waals surface area contributed by atoms with E-state index < -0.39 is 17.0 Å². The molecule has 7 aliphatic rings. The van der Waals surface area contributed by atoms with Crippen LogP contribution in [-0.4, -0.2) is 47.1 Å². The van der Waals surface area contributed by atoms with E-state index in [2.05, 4.69) is 27.7 Å². The summed E-state index contributed by atoms with van der Waals surface area (Å²) in [6.07, 6.45) is 12.8. The highest BCUT2D eigenvalue weighted by Gasteiger charge is 2.71. The molecule has 7 fully saturated rings. The van der Waals surface area contributed by atoms with Crippen molar-refractivity contribution in [3.8, 4) is 0 Å². The van der Waals surface area contributed by atoms with Crippen molar-refractivity contribution in [2.75, 3.05) is 13.2 Å². The molecule has 224 valence electrons. The number of hydrogen-bond acceptors (Lipinski definition) is 5. The number of aliphatic hydroxyl groups is 1. The summed E-state index contributed by atoms with van der Waals surface area (Å²) < 4.78 is 12.0. The van der Waals surface area contributed by atoms with Crippen LogP contribution in [0, 0.1) is 63.1 Å². The molecule has 6 nitrogen and oxygen atoms in total. The normalized spacial score (nSPS) is 52.8. The highest BCUT2D eigenvalue weighted by molar-refractivity contribution is 5.76. The second-order valence-electron chi connectivity index (χ2n) is 16.6. The number of aliphatic carboxylic acids is 1. The Bertz CT molecular complexity index is 1060. The average molecular weight is 557 g/mol. The minimum Gasteiger partial charge on any atom is -0.481 e. The van der Waals surface area contributed by atoms with E-state index in [0.717, 1.165) is 64.2 Å². The number of carboxylic acids is 1. The van der Waals surface area contributed by atoms with Gasteiger partial charge in [-0.2, -0.15) is 0 Å². The number of aliphatic hydroxyl groups excluding tert-OH is 1. The minimum absolute atomic E-state index is 0.0501. The number of carbonyl (C=O) groups is 2. The van der Waals surface area contributed by atoms with Gasteiger partial charge in [-0.3, -0.25) is 9.59 Å². The van der Waals surface area contributed by atoms with Gasteiger partial charge in [0, 0.05) is 0 Å². The first-order valence-electron chi connectivity index (χ1n) is 16.6. The predicted molar refractivity (Wildman–Crippen MR) is 150 cm³/mol. The third-order valence-electron chi connectivity index (χ3n) is 15.1. The maximum absolute atomic E-state index is 13.1. The summed E-state index contributed by atoms with van der Waals surface area (Å²) in [6.45, 7) is 10.6. The molecule has 6 aliphatic carbocycles. The van der Waals surface area contributed by atoms with Gasteiger partial charge in [0.2, 0.25) is 0 Å². The summed E-state index contributed by atoms with van der Waals surface area (Å²) in [5.41, 5.74) is -0.760. The van der Waals surface area contributed by atoms with Crippen molar-refractivity contribution in [1.29, 1.82) is 0 Å². The van der Waals surface area contributed by atoms with Crippen LogP contribution in [0.25, 0.3) is 0 Å². The quantitative estimate of drug-likeness (QED) is 0.308. The third-order valence-corrected chi connectivity index (χ3v) is 15.1. The Balaban J connectivity index is 1.18. The van der Waals surface area contributed by atoms with Gasteiger partial charge in [0.25, 0.3) is 0 Å². The zero-order valence-corrected chi connectivity index (χ0v) is 25.3. The van der Waals surface area contributed by atoms with Crippen molar-refractivity contribution < 1.29 is 29.3 Å². The highest BCUT2D eigenvalue weighted by Crippen LogP contribution is 2.74. The number of esters is 1. The van der Waals surface area contributed by atoms with E-state index in [1.807, 2.05) is 0 Å². The van der Waals surface area contributed by atoms with Crippen LogP contribution in [0.5, 0.6) is 0 Å². The first kappa shape index (κ1) is 27.7. The van der Waals surface area contributed by atoms with Crippen molar-refractivity contribution in [2.45, 2.75) is 123 Å². The Kier molecular flexibility index (Phi) is 6.19. The molecule has 0 amide bonds. The molecular formula is C34H52O6. The topological polar surface area (TPSA) is 96.4 Å². The van der Waals surface area contributed by atoms with E-state index in [1.165, 1.54) is 19.3 Å². The van der Waals surface area contributed by atoms with Gasteiger partial charge in [-0.15, -0.1) is 0 Å². The number of hydrogen-bond donors (Lipinski definition) is 2. The zero-order valence-electron chi connectivity index (χ0n) is 25.3. The number of epoxide rings is 1. The predicted octanol–water partition coefficient (Wildman–Crippen LogP) is 6.24. The van der Waals surface area contributed by atoms with E-state index in [9.17, 15) is 19.8 Å². The second-order valence-corrected chi connectivity index (χ2v) is 16.6. The molecule has 0 radical (unpaired) electrons. The van der Waals surface area contributed by atoms with Crippen LogP contribution in [0.4, 0.5) is 0 Å². The summed E-state index contributed by atoms with van der Waals surface area (Å²) >= 11 is 0. The molecule has 6 saturated carbocycles. The Labute approximate surface area is 240 Å². The summed E-state index contributed by atoms with van der Waals surface area (Å²) in [5.74, 6) is 1.70. The van der Waals surface area contributed by atoms with Gasteiger partial charge in [-0.05, 0) is 129 Å². The first-order chi connectivity index (χ1) is 18.9. The van der Waals surface area contributed by atoms with E-state index in [4.69, 9.17) is 9.47 Å². The van der Waals surface area contributed by atoms with E-state index in [0.29, 0.717) is 36.9 Å². The van der Waals surface area contributed by atoms with Gasteiger partial charge in [0.15, 0.2) is 0 Å². The average Bonchev–Trinajstić information content (AvgIpc) is 3.54. The number of carboxylic acid groups (broad SMARTS) is 1. The molecule has 6 heteroatoms. The first-order valence-corrected chi connectivity index (χ1v) is 16.6. The molecule has 40 heavy (non-hydrogen) atoms. The van der Waals surface area contributed by atoms with Crippen molar-refractivity contribution in [2.24, 2.45) is 63.1 Å². The monoisotopic (exact) mass is 556 g/mol. The molecule has 0 aromatic heterocycles. The smallest absolute Gasteiger partial charge is 0.309 e. The molecule has 11 atom stereocenters. The van der Waals surface area contributed by atoms with Crippen LogP contribution < -0.4 is 0 Å². The van der Waals surface area contributed by atoms with Gasteiger partial charge in [-0.1, -0.05) is 34.1 Å². The minimum atomic E-state index is -0.663. The fourth-order valence-electron chi connectivity index (χ4n) is 12.7. The summed E-state index contributed by atoms with van der Waals surface area (Å²) in [7, 11) is 0. The lowest BCUT2D eigenvalue weighted by molar-refractivity contribution is -0.219. The van der Waals surface area contributed by atoms with Crippen molar-refractivity contribution in [1.82, 2.24) is 0 Å². The molecule has 0 bridgehead atoms. The van der Waals surface area contributed by atoms with Gasteiger partial charge in [0.05, 0.1) is 24.0 Å². The van der Waals surface area contributed by atoms with Crippen molar-refractivity contribution in [3.05, 3.63) is 0 Å². The standard InChI is InChI=1S/C34H52O6/c1-30(2)24-12-14-31(3)22-10-16-33(29(37)38)17-11-23(34(19-40-34)18-39-28(36)20-6-5-7-20)27(33)21(22)8-9-25(31)32(24,4)15-13-26(30)35/h20-27,35H,5-19H2,1-4H3,(H,37,38)/t21?,22?,23-,24?,25?,26-,27-,31+,32+,33-,34?/m1/s1. The zero-order chi connectivity index (χ0) is 28.3. The lowest BCUT2D eigenvalue weighted by Gasteiger charge is -2.69. The van der Waals surface area contributed by atoms with Crippen LogP contribution in [0.3, 0.4) is 0 Å². The van der Waals surface area contributed by atoms with E-state index in [1.54, 1.807) is 0 Å². The maximum Gasteiger partial charge on any atom is 0.309 e. The summed E-state index contributed by atoms with van der Waals surface area (Å²) in [6, 6.07) is 0. The van der Waals surface area contributed by atoms with Crippen LogP contribution >= 0.6 is 0 Å². The van der Waals surface area contributed by atoms with Crippen molar-refractivity contribution >= 4 is 11.9 Å². The van der Waals surface area contributed by atoms with Crippen LogP contribution in [0.15, 0.2) is 0 Å². The molecule has 1 saturated heterocycles. The Morgan fingerprint density at radius 3 is 2.12 bits per heavy atom. The lowest BCUT2D eigenvalue weighted by atomic mass is 9.36. The Morgan fingerprint density at radius 1 is 0.825 bits per heavy atom. The Hall–Kier alpha value is -1.14. The molecule has 0 aromatic rings. The van der Waals surface area contributed by atoms with Gasteiger partial charge >= 0.3 is 11.9 Å². The molecule has 0 spiro atoms. The maximum atomic E-state index is 13.1. The fourth-order valence-corrected chi connectivity index (χ4v) is 12.7. The van der Waals surface area contributed by atoms with Crippen LogP contribution in [0.2, 0.25) is 0 Å². The van der Waals surface area contributed by atoms with E-state index in [-0.39, 0.29) is 46.1 Å². The molecule has 2 N–H and O–H groups in total. The van der Waals surface area contributed by atoms with Gasteiger partial charge < -0.3 is 19.7 Å². The fraction of sp³-hybridized carbons (Fsp3) is 0.941. The van der Waals surface area contributed by atoms with Crippen molar-refractivity contribution in [3.63, 3.8) is 0 Å². The summed E-state index contributed by atoms with van der Waals surface area (Å²) in [4.78, 5) is 25.7.